The highest BCUT2D eigenvalue weighted by molar-refractivity contribution is 7.96. The molecule has 2 bridgehead atoms. The topological polar surface area (TPSA) is 86.7 Å². The molecule has 0 amide bonds. The molecular weight excluding hydrogens is 472 g/mol. The van der Waals surface area contributed by atoms with Gasteiger partial charge in [-0.2, -0.15) is 0 Å². The summed E-state index contributed by atoms with van der Waals surface area (Å²) in [6.07, 6.45) is -0.0406. The second kappa shape index (κ2) is 9.11. The van der Waals surface area contributed by atoms with Crippen molar-refractivity contribution in [2.24, 2.45) is 0 Å². The van der Waals surface area contributed by atoms with Crippen LogP contribution in [-0.4, -0.2) is 46.2 Å². The van der Waals surface area contributed by atoms with Crippen molar-refractivity contribution in [2.75, 3.05) is 6.61 Å². The lowest BCUT2D eigenvalue weighted by Gasteiger charge is -2.28. The average Bonchev–Trinajstić information content (AvgIpc) is 3.45. The van der Waals surface area contributed by atoms with Gasteiger partial charge < -0.3 is 9.47 Å². The summed E-state index contributed by atoms with van der Waals surface area (Å²) in [5.41, 5.74) is 1.65. The van der Waals surface area contributed by atoms with Gasteiger partial charge in [-0.25, -0.2) is 16.8 Å². The van der Waals surface area contributed by atoms with E-state index in [2.05, 4.69) is 0 Å². The number of hydrogen-bond donors (Lipinski definition) is 0. The fraction of sp³-hybridized carbons (Fsp3) is 0.231. The van der Waals surface area contributed by atoms with E-state index >= 15 is 0 Å². The average molecular weight is 497 g/mol. The van der Waals surface area contributed by atoms with Crippen LogP contribution in [0.3, 0.4) is 0 Å². The molecule has 3 aromatic rings. The smallest absolute Gasteiger partial charge is 0.185 e. The minimum absolute atomic E-state index is 0.0777. The highest BCUT2D eigenvalue weighted by Gasteiger charge is 2.60. The minimum Gasteiger partial charge on any atom is -0.372 e. The molecule has 0 aliphatic carbocycles. The zero-order valence-electron chi connectivity index (χ0n) is 18.2. The molecule has 0 radical (unpaired) electrons. The van der Waals surface area contributed by atoms with E-state index < -0.39 is 42.4 Å². The molecule has 176 valence electrons. The maximum Gasteiger partial charge on any atom is 0.185 e. The Balaban J connectivity index is 1.49. The standard InChI is InChI=1S/C26H24O6S2/c27-33(28,21-12-6-2-7-13-21)25-23-16-20(18-31-17-19-10-4-1-5-11-19)24(32-23)26(25)34(29,30)22-14-8-3-9-15-22/h1-16,23-26H,17-18H2/t23-,24+,25-,26-/m1/s1. The van der Waals surface area contributed by atoms with Gasteiger partial charge >= 0.3 is 0 Å². The van der Waals surface area contributed by atoms with Gasteiger partial charge in [0.2, 0.25) is 0 Å². The first-order valence-corrected chi connectivity index (χ1v) is 14.0. The van der Waals surface area contributed by atoms with Gasteiger partial charge in [0, 0.05) is 0 Å². The number of hydrogen-bond acceptors (Lipinski definition) is 6. The molecule has 0 unspecified atom stereocenters. The maximum absolute atomic E-state index is 13.7. The molecule has 1 saturated heterocycles. The van der Waals surface area contributed by atoms with E-state index in [0.717, 1.165) is 5.56 Å². The molecule has 0 spiro atoms. The zero-order chi connectivity index (χ0) is 23.8. The number of benzene rings is 3. The highest BCUT2D eigenvalue weighted by Crippen LogP contribution is 2.45. The predicted molar refractivity (Wildman–Crippen MR) is 128 cm³/mol. The normalized spacial score (nSPS) is 24.2. The van der Waals surface area contributed by atoms with E-state index in [1.807, 2.05) is 30.3 Å². The van der Waals surface area contributed by atoms with Crippen LogP contribution >= 0.6 is 0 Å². The summed E-state index contributed by atoms with van der Waals surface area (Å²) in [5.74, 6) is 0. The molecule has 0 N–H and O–H groups in total. The summed E-state index contributed by atoms with van der Waals surface area (Å²) in [5, 5.41) is -2.52. The van der Waals surface area contributed by atoms with Gasteiger partial charge in [0.05, 0.1) is 29.1 Å². The molecule has 5 rings (SSSR count). The Labute approximate surface area is 199 Å². The van der Waals surface area contributed by atoms with Gasteiger partial charge in [-0.3, -0.25) is 0 Å². The minimum atomic E-state index is -4.02. The van der Waals surface area contributed by atoms with E-state index in [1.54, 1.807) is 42.5 Å². The van der Waals surface area contributed by atoms with E-state index in [0.29, 0.717) is 12.2 Å². The third-order valence-corrected chi connectivity index (χ3v) is 10.8. The van der Waals surface area contributed by atoms with Crippen LogP contribution in [0.25, 0.3) is 0 Å². The molecule has 4 atom stereocenters. The van der Waals surface area contributed by atoms with Crippen molar-refractivity contribution in [3.8, 4) is 0 Å². The number of ether oxygens (including phenoxy) is 2. The summed E-state index contributed by atoms with van der Waals surface area (Å²) in [6, 6.07) is 25.5. The Morgan fingerprint density at radius 3 is 1.71 bits per heavy atom. The Hall–Kier alpha value is -2.78. The molecule has 2 aliphatic rings. The van der Waals surface area contributed by atoms with Gasteiger partial charge in [0.25, 0.3) is 0 Å². The maximum atomic E-state index is 13.7. The first kappa shape index (κ1) is 23.0. The molecule has 2 heterocycles. The zero-order valence-corrected chi connectivity index (χ0v) is 19.9. The van der Waals surface area contributed by atoms with Crippen molar-refractivity contribution in [3.63, 3.8) is 0 Å². The van der Waals surface area contributed by atoms with Gasteiger partial charge in [-0.05, 0) is 35.4 Å². The van der Waals surface area contributed by atoms with Crippen LogP contribution in [0.2, 0.25) is 0 Å². The lowest BCUT2D eigenvalue weighted by molar-refractivity contribution is 0.0944. The van der Waals surface area contributed by atoms with E-state index in [4.69, 9.17) is 9.47 Å². The fourth-order valence-corrected chi connectivity index (χ4v) is 9.28. The molecule has 34 heavy (non-hydrogen) atoms. The largest absolute Gasteiger partial charge is 0.372 e. The number of rotatable bonds is 8. The van der Waals surface area contributed by atoms with E-state index in [-0.39, 0.29) is 16.4 Å². The van der Waals surface area contributed by atoms with Crippen LogP contribution in [0.1, 0.15) is 5.56 Å². The molecule has 0 aromatic heterocycles. The monoisotopic (exact) mass is 496 g/mol. The first-order valence-electron chi connectivity index (χ1n) is 10.9. The van der Waals surface area contributed by atoms with Crippen LogP contribution in [-0.2, 0) is 35.8 Å². The molecule has 6 nitrogen and oxygen atoms in total. The first-order chi connectivity index (χ1) is 16.4. The van der Waals surface area contributed by atoms with Crippen molar-refractivity contribution < 1.29 is 26.3 Å². The van der Waals surface area contributed by atoms with Gasteiger partial charge in [-0.1, -0.05) is 72.8 Å². The summed E-state index contributed by atoms with van der Waals surface area (Å²) < 4.78 is 66.5. The van der Waals surface area contributed by atoms with Crippen LogP contribution in [0.15, 0.2) is 112 Å². The van der Waals surface area contributed by atoms with Crippen LogP contribution in [0, 0.1) is 0 Å². The second-order valence-corrected chi connectivity index (χ2v) is 12.6. The van der Waals surface area contributed by atoms with Crippen molar-refractivity contribution in [2.45, 2.75) is 39.1 Å². The van der Waals surface area contributed by atoms with Crippen molar-refractivity contribution in [1.29, 1.82) is 0 Å². The van der Waals surface area contributed by atoms with Crippen LogP contribution < -0.4 is 0 Å². The fourth-order valence-electron chi connectivity index (χ4n) is 4.64. The molecule has 0 saturated carbocycles. The third-order valence-electron chi connectivity index (χ3n) is 6.23. The van der Waals surface area contributed by atoms with Gasteiger partial charge in [0.15, 0.2) is 19.7 Å². The Morgan fingerprint density at radius 1 is 0.647 bits per heavy atom. The quantitative estimate of drug-likeness (QED) is 0.443. The van der Waals surface area contributed by atoms with Crippen molar-refractivity contribution in [3.05, 3.63) is 108 Å². The SMILES string of the molecule is O=S(=O)(c1ccccc1)[C@H]1[C@H](S(=O)(=O)c2ccccc2)[C@H]2O[C@@H]1C=C2COCc1ccccc1. The number of fused-ring (bicyclic) bond motifs is 2. The Kier molecular flexibility index (Phi) is 6.16. The van der Waals surface area contributed by atoms with Crippen LogP contribution in [0.5, 0.6) is 0 Å². The molecule has 3 aromatic carbocycles. The van der Waals surface area contributed by atoms with Gasteiger partial charge in [-0.15, -0.1) is 0 Å². The van der Waals surface area contributed by atoms with E-state index in [1.165, 1.54) is 24.3 Å². The Morgan fingerprint density at radius 2 is 1.15 bits per heavy atom. The second-order valence-electron chi connectivity index (χ2n) is 8.39. The summed E-state index contributed by atoms with van der Waals surface area (Å²) in [4.78, 5) is 0.161. The highest BCUT2D eigenvalue weighted by atomic mass is 32.2. The van der Waals surface area contributed by atoms with Gasteiger partial charge in [0.1, 0.15) is 16.6 Å². The summed E-state index contributed by atoms with van der Waals surface area (Å²) in [6.45, 7) is 0.520. The van der Waals surface area contributed by atoms with E-state index in [9.17, 15) is 16.8 Å². The molecule has 8 heteroatoms. The van der Waals surface area contributed by atoms with Crippen molar-refractivity contribution in [1.82, 2.24) is 0 Å². The summed E-state index contributed by atoms with van der Waals surface area (Å²) in [7, 11) is -8.01. The molecular formula is C26H24O6S2. The summed E-state index contributed by atoms with van der Waals surface area (Å²) >= 11 is 0. The third kappa shape index (κ3) is 4.11. The van der Waals surface area contributed by atoms with Crippen LogP contribution in [0.4, 0.5) is 0 Å². The molecule has 1 fully saturated rings. The molecule has 2 aliphatic heterocycles. The predicted octanol–water partition coefficient (Wildman–Crippen LogP) is 3.60. The lowest BCUT2D eigenvalue weighted by atomic mass is 9.99. The number of sulfone groups is 2. The van der Waals surface area contributed by atoms with Crippen molar-refractivity contribution >= 4 is 19.7 Å². The lowest BCUT2D eigenvalue weighted by Crippen LogP contribution is -2.47. The Bertz CT molecular complexity index is 1390.